The number of nitrogens with zero attached hydrogens (tertiary/aromatic N) is 3. The van der Waals surface area contributed by atoms with Gasteiger partial charge in [0.05, 0.1) is 18.7 Å². The standard InChI is InChI=1S/C14H18N4O2.C3H8.H2/c1-10-4-3-5-11-12(10)17(2)16-13(11)15-14(19)18-6-8-20-9-7-18;1-3-2;/h3-5H,6-9H2,1-2H3,(H,15,16,19);3H2,1-2H3;1H. The summed E-state index contributed by atoms with van der Waals surface area (Å²) in [5.41, 5.74) is 2.19. The molecule has 1 aromatic heterocycles. The number of fused-ring (bicyclic) bond motifs is 1. The van der Waals surface area contributed by atoms with Gasteiger partial charge in [-0.05, 0) is 18.6 Å². The van der Waals surface area contributed by atoms with Crippen LogP contribution in [0.15, 0.2) is 18.2 Å². The van der Waals surface area contributed by atoms with E-state index in [0.29, 0.717) is 32.1 Å². The number of amides is 2. The van der Waals surface area contributed by atoms with Crippen molar-refractivity contribution in [3.8, 4) is 0 Å². The molecule has 2 aromatic rings. The molecule has 0 aliphatic carbocycles. The van der Waals surface area contributed by atoms with Crippen molar-refractivity contribution in [1.82, 2.24) is 14.7 Å². The van der Waals surface area contributed by atoms with E-state index in [2.05, 4.69) is 24.3 Å². The molecule has 1 aliphatic rings. The Morgan fingerprint density at radius 3 is 2.65 bits per heavy atom. The normalized spacial score (nSPS) is 14.3. The van der Waals surface area contributed by atoms with Crippen LogP contribution in [0.3, 0.4) is 0 Å². The highest BCUT2D eigenvalue weighted by molar-refractivity contribution is 6.00. The van der Waals surface area contributed by atoms with Crippen molar-refractivity contribution in [2.75, 3.05) is 31.6 Å². The number of carbonyl (C=O) groups excluding carboxylic acids is 1. The number of rotatable bonds is 1. The van der Waals surface area contributed by atoms with Crippen LogP contribution < -0.4 is 5.32 Å². The number of hydrogen-bond acceptors (Lipinski definition) is 3. The summed E-state index contributed by atoms with van der Waals surface area (Å²) in [7, 11) is 1.89. The van der Waals surface area contributed by atoms with Crippen LogP contribution in [0, 0.1) is 6.92 Å². The van der Waals surface area contributed by atoms with E-state index >= 15 is 0 Å². The third-order valence-corrected chi connectivity index (χ3v) is 3.59. The van der Waals surface area contributed by atoms with E-state index in [-0.39, 0.29) is 7.46 Å². The van der Waals surface area contributed by atoms with Crippen LogP contribution in [0.5, 0.6) is 0 Å². The molecule has 6 heteroatoms. The Labute approximate surface area is 138 Å². The van der Waals surface area contributed by atoms with E-state index in [9.17, 15) is 4.79 Å². The van der Waals surface area contributed by atoms with Crippen molar-refractivity contribution in [2.45, 2.75) is 27.2 Å². The first-order valence-electron chi connectivity index (χ1n) is 8.14. The predicted octanol–water partition coefficient (Wildman–Crippen LogP) is 3.41. The summed E-state index contributed by atoms with van der Waals surface area (Å²) in [5, 5.41) is 8.28. The molecule has 0 radical (unpaired) electrons. The van der Waals surface area contributed by atoms with Gasteiger partial charge in [-0.3, -0.25) is 10.00 Å². The number of urea groups is 1. The second-order valence-electron chi connectivity index (χ2n) is 5.68. The molecule has 2 heterocycles. The van der Waals surface area contributed by atoms with Crippen LogP contribution in [0.2, 0.25) is 0 Å². The highest BCUT2D eigenvalue weighted by Crippen LogP contribution is 2.25. The molecule has 1 fully saturated rings. The van der Waals surface area contributed by atoms with E-state index in [0.717, 1.165) is 16.5 Å². The molecule has 2 amide bonds. The lowest BCUT2D eigenvalue weighted by molar-refractivity contribution is 0.0564. The first-order chi connectivity index (χ1) is 11.1. The summed E-state index contributed by atoms with van der Waals surface area (Å²) in [4.78, 5) is 14.0. The fourth-order valence-corrected chi connectivity index (χ4v) is 2.57. The molecule has 0 spiro atoms. The maximum absolute atomic E-state index is 12.2. The van der Waals surface area contributed by atoms with Gasteiger partial charge in [-0.1, -0.05) is 32.4 Å². The van der Waals surface area contributed by atoms with Gasteiger partial charge in [-0.25, -0.2) is 4.79 Å². The van der Waals surface area contributed by atoms with Gasteiger partial charge in [0.2, 0.25) is 0 Å². The average Bonchev–Trinajstić information content (AvgIpc) is 2.86. The van der Waals surface area contributed by atoms with Crippen molar-refractivity contribution in [2.24, 2.45) is 7.05 Å². The number of carbonyl (C=O) groups is 1. The zero-order valence-electron chi connectivity index (χ0n) is 14.4. The number of ether oxygens (including phenoxy) is 1. The van der Waals surface area contributed by atoms with Gasteiger partial charge in [-0.2, -0.15) is 5.10 Å². The number of benzene rings is 1. The van der Waals surface area contributed by atoms with Gasteiger partial charge in [0.25, 0.3) is 0 Å². The van der Waals surface area contributed by atoms with Crippen molar-refractivity contribution in [3.05, 3.63) is 23.8 Å². The van der Waals surface area contributed by atoms with Crippen LogP contribution >= 0.6 is 0 Å². The fraction of sp³-hybridized carbons (Fsp3) is 0.529. The molecule has 23 heavy (non-hydrogen) atoms. The molecule has 128 valence electrons. The summed E-state index contributed by atoms with van der Waals surface area (Å²) in [6, 6.07) is 5.88. The topological polar surface area (TPSA) is 59.4 Å². The quantitative estimate of drug-likeness (QED) is 0.876. The minimum absolute atomic E-state index is 0. The van der Waals surface area contributed by atoms with Crippen molar-refractivity contribution < 1.29 is 11.0 Å². The van der Waals surface area contributed by atoms with E-state index in [1.165, 1.54) is 6.42 Å². The van der Waals surface area contributed by atoms with Gasteiger partial charge < -0.3 is 9.64 Å². The second-order valence-corrected chi connectivity index (χ2v) is 5.68. The molecule has 6 nitrogen and oxygen atoms in total. The van der Waals surface area contributed by atoms with Gasteiger partial charge in [0.1, 0.15) is 0 Å². The predicted molar refractivity (Wildman–Crippen MR) is 94.9 cm³/mol. The molecule has 0 saturated carbocycles. The van der Waals surface area contributed by atoms with E-state index in [1.54, 1.807) is 9.58 Å². The Balaban J connectivity index is 0.000000671. The van der Waals surface area contributed by atoms with Crippen LogP contribution in [-0.4, -0.2) is 47.0 Å². The van der Waals surface area contributed by atoms with Crippen molar-refractivity contribution >= 4 is 22.8 Å². The number of nitrogens with one attached hydrogen (secondary N) is 1. The summed E-state index contributed by atoms with van der Waals surface area (Å²) < 4.78 is 7.05. The molecule has 1 aliphatic heterocycles. The van der Waals surface area contributed by atoms with Crippen LogP contribution in [0.4, 0.5) is 10.6 Å². The summed E-state index contributed by atoms with van der Waals surface area (Å²) in [5.74, 6) is 0.614. The third kappa shape index (κ3) is 4.01. The highest BCUT2D eigenvalue weighted by atomic mass is 16.5. The Morgan fingerprint density at radius 1 is 1.35 bits per heavy atom. The van der Waals surface area contributed by atoms with Crippen LogP contribution in [0.25, 0.3) is 10.9 Å². The molecule has 0 unspecified atom stereocenters. The van der Waals surface area contributed by atoms with E-state index < -0.39 is 0 Å². The van der Waals surface area contributed by atoms with Crippen LogP contribution in [0.1, 0.15) is 27.3 Å². The largest absolute Gasteiger partial charge is 0.378 e. The summed E-state index contributed by atoms with van der Waals surface area (Å²) in [6.45, 7) is 8.72. The minimum atomic E-state index is -0.116. The molecular formula is C17H28N4O2. The summed E-state index contributed by atoms with van der Waals surface area (Å²) >= 11 is 0. The minimum Gasteiger partial charge on any atom is -0.378 e. The lowest BCUT2D eigenvalue weighted by Gasteiger charge is -2.26. The second kappa shape index (κ2) is 7.97. The maximum Gasteiger partial charge on any atom is 0.323 e. The first-order valence-corrected chi connectivity index (χ1v) is 8.14. The number of para-hydroxylation sites is 1. The Kier molecular flexibility index (Phi) is 5.98. The molecule has 1 aromatic carbocycles. The number of anilines is 1. The van der Waals surface area contributed by atoms with Gasteiger partial charge in [0, 0.05) is 27.0 Å². The molecule has 3 rings (SSSR count). The van der Waals surface area contributed by atoms with E-state index in [4.69, 9.17) is 4.74 Å². The van der Waals surface area contributed by atoms with Gasteiger partial charge >= 0.3 is 6.03 Å². The molecule has 1 N–H and O–H groups in total. The third-order valence-electron chi connectivity index (χ3n) is 3.59. The zero-order chi connectivity index (χ0) is 16.8. The number of aromatic nitrogens is 2. The Bertz CT molecular complexity index is 666. The molecule has 0 bridgehead atoms. The lowest BCUT2D eigenvalue weighted by atomic mass is 10.1. The lowest BCUT2D eigenvalue weighted by Crippen LogP contribution is -2.43. The van der Waals surface area contributed by atoms with Crippen molar-refractivity contribution in [1.29, 1.82) is 0 Å². The number of aryl methyl sites for hydroxylation is 2. The van der Waals surface area contributed by atoms with Crippen molar-refractivity contribution in [3.63, 3.8) is 0 Å². The number of hydrogen-bond donors (Lipinski definition) is 1. The SMILES string of the molecule is CCC.Cc1cccc2c(NC(=O)N3CCOCC3)nn(C)c12.[HH]. The highest BCUT2D eigenvalue weighted by Gasteiger charge is 2.19. The Morgan fingerprint density at radius 2 is 2.00 bits per heavy atom. The van der Waals surface area contributed by atoms with Gasteiger partial charge in [-0.15, -0.1) is 0 Å². The van der Waals surface area contributed by atoms with E-state index in [1.807, 2.05) is 32.2 Å². The van der Waals surface area contributed by atoms with Gasteiger partial charge in [0.15, 0.2) is 5.82 Å². The zero-order valence-corrected chi connectivity index (χ0v) is 14.4. The average molecular weight is 320 g/mol. The fourth-order valence-electron chi connectivity index (χ4n) is 2.57. The van der Waals surface area contributed by atoms with Crippen LogP contribution in [-0.2, 0) is 11.8 Å². The Hall–Kier alpha value is -2.08. The molecular weight excluding hydrogens is 292 g/mol. The number of morpholine rings is 1. The smallest absolute Gasteiger partial charge is 0.323 e. The monoisotopic (exact) mass is 320 g/mol. The maximum atomic E-state index is 12.2. The first kappa shape index (κ1) is 17.3. The molecule has 0 atom stereocenters. The molecule has 1 saturated heterocycles. The summed E-state index contributed by atoms with van der Waals surface area (Å²) in [6.07, 6.45) is 1.25.